The monoisotopic (exact) mass is 336 g/mol. The molecule has 0 rings (SSSR count). The Bertz CT molecular complexity index is 350. The highest BCUT2D eigenvalue weighted by atomic mass is 32.3. The molecule has 0 aromatic carbocycles. The molecule has 0 unspecified atom stereocenters. The van der Waals surface area contributed by atoms with Crippen molar-refractivity contribution in [3.8, 4) is 0 Å². The van der Waals surface area contributed by atoms with Crippen molar-refractivity contribution in [1.82, 2.24) is 0 Å². The molecule has 0 aliphatic heterocycles. The molecule has 0 radical (unpaired) electrons. The minimum Gasteiger partial charge on any atom is -0.264 e. The summed E-state index contributed by atoms with van der Waals surface area (Å²) in [5.74, 6) is 0. The van der Waals surface area contributed by atoms with Gasteiger partial charge in [0.15, 0.2) is 0 Å². The molecule has 1 N–H and O–H groups in total. The molecule has 0 saturated heterocycles. The molecule has 0 amide bonds. The molecule has 0 spiro atoms. The highest BCUT2D eigenvalue weighted by molar-refractivity contribution is 7.80. The second-order valence-corrected chi connectivity index (χ2v) is 8.19. The van der Waals surface area contributed by atoms with E-state index < -0.39 is 10.4 Å². The Balaban J connectivity index is 3.49. The average Bonchev–Trinajstić information content (AvgIpc) is 2.40. The van der Waals surface area contributed by atoms with Crippen LogP contribution < -0.4 is 0 Å². The highest BCUT2D eigenvalue weighted by Gasteiger charge is 2.16. The molecule has 0 aliphatic carbocycles. The molecule has 0 heterocycles. The number of hydrogen-bond donors (Lipinski definition) is 1. The minimum atomic E-state index is -4.27. The van der Waals surface area contributed by atoms with Crippen LogP contribution in [0.2, 0.25) is 0 Å². The van der Waals surface area contributed by atoms with Crippen molar-refractivity contribution < 1.29 is 17.2 Å². The third-order valence-electron chi connectivity index (χ3n) is 4.19. The lowest BCUT2D eigenvalue weighted by Crippen LogP contribution is -2.12. The molecule has 5 heteroatoms. The topological polar surface area (TPSA) is 63.6 Å². The Morgan fingerprint density at radius 3 is 1.77 bits per heavy atom. The fraction of sp³-hybridized carbons (Fsp3) is 1.00. The van der Waals surface area contributed by atoms with Crippen molar-refractivity contribution in [1.29, 1.82) is 0 Å². The Kier molecular flexibility index (Phi) is 12.2. The van der Waals surface area contributed by atoms with Gasteiger partial charge >= 0.3 is 10.4 Å². The van der Waals surface area contributed by atoms with Gasteiger partial charge in [-0.1, -0.05) is 78.6 Å². The average molecular weight is 337 g/mol. The van der Waals surface area contributed by atoms with Crippen molar-refractivity contribution >= 4 is 10.4 Å². The third kappa shape index (κ3) is 16.2. The van der Waals surface area contributed by atoms with E-state index in [0.29, 0.717) is 11.8 Å². The number of unbranched alkanes of at least 4 members (excludes halogenated alkanes) is 8. The number of hydrogen-bond acceptors (Lipinski definition) is 3. The van der Waals surface area contributed by atoms with Gasteiger partial charge < -0.3 is 0 Å². The molecule has 0 saturated carbocycles. The van der Waals surface area contributed by atoms with Crippen molar-refractivity contribution in [2.24, 2.45) is 5.41 Å². The number of rotatable bonds is 15. The lowest BCUT2D eigenvalue weighted by molar-refractivity contribution is 0.241. The molecule has 0 aromatic rings. The van der Waals surface area contributed by atoms with Crippen LogP contribution in [0.15, 0.2) is 0 Å². The van der Waals surface area contributed by atoms with Crippen LogP contribution >= 0.6 is 0 Å². The lowest BCUT2D eigenvalue weighted by atomic mass is 9.82. The SMILES string of the molecule is CCCCCCCCCCC(C)(C)CCCCOS(=O)(=O)O. The minimum absolute atomic E-state index is 0.0761. The zero-order valence-corrected chi connectivity index (χ0v) is 15.6. The largest absolute Gasteiger partial charge is 0.397 e. The molecular formula is C17H36O4S. The van der Waals surface area contributed by atoms with Crippen molar-refractivity contribution in [2.45, 2.75) is 97.8 Å². The second-order valence-electron chi connectivity index (χ2n) is 7.10. The first-order chi connectivity index (χ1) is 10.3. The van der Waals surface area contributed by atoms with Crippen LogP contribution in [-0.4, -0.2) is 19.6 Å². The maximum atomic E-state index is 10.4. The van der Waals surface area contributed by atoms with Crippen LogP contribution in [0, 0.1) is 5.41 Å². The fourth-order valence-corrected chi connectivity index (χ4v) is 3.06. The van der Waals surface area contributed by atoms with Gasteiger partial charge in [0.05, 0.1) is 6.61 Å². The van der Waals surface area contributed by atoms with Crippen LogP contribution in [0.3, 0.4) is 0 Å². The summed E-state index contributed by atoms with van der Waals surface area (Å²) in [5.41, 5.74) is 0.306. The van der Waals surface area contributed by atoms with Gasteiger partial charge in [0.25, 0.3) is 0 Å². The summed E-state index contributed by atoms with van der Waals surface area (Å²) in [7, 11) is -4.27. The predicted molar refractivity (Wildman–Crippen MR) is 92.4 cm³/mol. The molecule has 0 fully saturated rings. The molecular weight excluding hydrogens is 300 g/mol. The van der Waals surface area contributed by atoms with Crippen LogP contribution in [0.25, 0.3) is 0 Å². The van der Waals surface area contributed by atoms with Gasteiger partial charge in [-0.3, -0.25) is 4.55 Å². The van der Waals surface area contributed by atoms with Crippen LogP contribution in [0.1, 0.15) is 97.8 Å². The molecule has 4 nitrogen and oxygen atoms in total. The van der Waals surface area contributed by atoms with Crippen LogP contribution in [-0.2, 0) is 14.6 Å². The summed E-state index contributed by atoms with van der Waals surface area (Å²) in [5, 5.41) is 0. The first kappa shape index (κ1) is 21.9. The van der Waals surface area contributed by atoms with E-state index in [1.165, 1.54) is 57.8 Å². The molecule has 0 bridgehead atoms. The van der Waals surface area contributed by atoms with E-state index >= 15 is 0 Å². The Morgan fingerprint density at radius 2 is 1.27 bits per heavy atom. The lowest BCUT2D eigenvalue weighted by Gasteiger charge is -2.24. The van der Waals surface area contributed by atoms with E-state index in [1.54, 1.807) is 0 Å². The summed E-state index contributed by atoms with van der Waals surface area (Å²) < 4.78 is 33.6. The molecule has 0 aromatic heterocycles. The summed E-state index contributed by atoms with van der Waals surface area (Å²) in [6.07, 6.45) is 14.6. The molecule has 0 aliphatic rings. The van der Waals surface area contributed by atoms with Gasteiger partial charge in [-0.05, 0) is 24.7 Å². The van der Waals surface area contributed by atoms with Gasteiger partial charge in [-0.25, -0.2) is 4.18 Å². The van der Waals surface area contributed by atoms with Gasteiger partial charge in [0, 0.05) is 0 Å². The zero-order valence-electron chi connectivity index (χ0n) is 14.8. The first-order valence-corrected chi connectivity index (χ1v) is 10.3. The Hall–Kier alpha value is -0.130. The second kappa shape index (κ2) is 12.3. The van der Waals surface area contributed by atoms with Gasteiger partial charge in [-0.2, -0.15) is 8.42 Å². The quantitative estimate of drug-likeness (QED) is 0.315. The summed E-state index contributed by atoms with van der Waals surface area (Å²) >= 11 is 0. The van der Waals surface area contributed by atoms with Crippen molar-refractivity contribution in [2.75, 3.05) is 6.61 Å². The maximum absolute atomic E-state index is 10.4. The third-order valence-corrected chi connectivity index (χ3v) is 4.65. The van der Waals surface area contributed by atoms with Gasteiger partial charge in [0.2, 0.25) is 0 Å². The molecule has 0 atom stereocenters. The maximum Gasteiger partial charge on any atom is 0.397 e. The van der Waals surface area contributed by atoms with Crippen LogP contribution in [0.5, 0.6) is 0 Å². The van der Waals surface area contributed by atoms with E-state index in [9.17, 15) is 8.42 Å². The summed E-state index contributed by atoms with van der Waals surface area (Å²) in [4.78, 5) is 0. The first-order valence-electron chi connectivity index (χ1n) is 8.89. The Morgan fingerprint density at radius 1 is 0.818 bits per heavy atom. The Labute approximate surface area is 138 Å². The highest BCUT2D eigenvalue weighted by Crippen LogP contribution is 2.30. The van der Waals surface area contributed by atoms with Gasteiger partial charge in [0.1, 0.15) is 0 Å². The zero-order chi connectivity index (χ0) is 16.9. The van der Waals surface area contributed by atoms with E-state index in [4.69, 9.17) is 4.55 Å². The summed E-state index contributed by atoms with van der Waals surface area (Å²) in [6, 6.07) is 0. The smallest absolute Gasteiger partial charge is 0.264 e. The fourth-order valence-electron chi connectivity index (χ4n) is 2.73. The van der Waals surface area contributed by atoms with E-state index in [2.05, 4.69) is 25.0 Å². The van der Waals surface area contributed by atoms with Gasteiger partial charge in [-0.15, -0.1) is 0 Å². The summed E-state index contributed by atoms with van der Waals surface area (Å²) in [6.45, 7) is 6.87. The van der Waals surface area contributed by atoms with Crippen molar-refractivity contribution in [3.05, 3.63) is 0 Å². The molecule has 134 valence electrons. The predicted octanol–water partition coefficient (Wildman–Crippen LogP) is 5.53. The van der Waals surface area contributed by atoms with Crippen LogP contribution in [0.4, 0.5) is 0 Å². The van der Waals surface area contributed by atoms with E-state index in [0.717, 1.165) is 12.8 Å². The molecule has 22 heavy (non-hydrogen) atoms. The van der Waals surface area contributed by atoms with Crippen molar-refractivity contribution in [3.63, 3.8) is 0 Å². The standard InChI is InChI=1S/C17H36O4S/c1-4-5-6-7-8-9-10-11-14-17(2,3)15-12-13-16-21-22(18,19)20/h4-16H2,1-3H3,(H,18,19,20). The van der Waals surface area contributed by atoms with E-state index in [-0.39, 0.29) is 6.61 Å². The normalized spacial score (nSPS) is 12.7. The van der Waals surface area contributed by atoms with E-state index in [1.807, 2.05) is 0 Å².